The number of para-hydroxylation sites is 2. The van der Waals surface area contributed by atoms with Gasteiger partial charge in [0, 0.05) is 35.6 Å². The van der Waals surface area contributed by atoms with Crippen molar-refractivity contribution in [2.24, 2.45) is 0 Å². The van der Waals surface area contributed by atoms with Crippen LogP contribution < -0.4 is 14.8 Å². The van der Waals surface area contributed by atoms with Crippen LogP contribution in [0, 0.1) is 0 Å². The Morgan fingerprint density at radius 3 is 2.74 bits per heavy atom. The van der Waals surface area contributed by atoms with E-state index in [0.29, 0.717) is 31.1 Å². The van der Waals surface area contributed by atoms with Crippen LogP contribution in [0.2, 0.25) is 0 Å². The largest absolute Gasteiger partial charge is 0.493 e. The highest BCUT2D eigenvalue weighted by Crippen LogP contribution is 2.31. The predicted octanol–water partition coefficient (Wildman–Crippen LogP) is 3.36. The van der Waals surface area contributed by atoms with E-state index in [9.17, 15) is 9.90 Å². The number of carboxylic acid groups (broad SMARTS) is 1. The van der Waals surface area contributed by atoms with E-state index in [1.807, 2.05) is 55.6 Å². The van der Waals surface area contributed by atoms with E-state index in [4.69, 9.17) is 9.47 Å². The SMILES string of the molecule is CCOc1c(CN[C@H](Cc2c[nH]c3ccccc23)C(=O)O)cccc1OC. The van der Waals surface area contributed by atoms with Crippen LogP contribution in [0.3, 0.4) is 0 Å². The summed E-state index contributed by atoms with van der Waals surface area (Å²) in [5, 5.41) is 13.9. The monoisotopic (exact) mass is 368 g/mol. The average Bonchev–Trinajstić information content (AvgIpc) is 3.09. The highest BCUT2D eigenvalue weighted by molar-refractivity contribution is 5.84. The molecule has 3 rings (SSSR count). The van der Waals surface area contributed by atoms with Crippen LogP contribution in [0.1, 0.15) is 18.1 Å². The number of aliphatic carboxylic acids is 1. The van der Waals surface area contributed by atoms with Gasteiger partial charge in [-0.1, -0.05) is 30.3 Å². The molecule has 1 heterocycles. The maximum absolute atomic E-state index is 11.8. The van der Waals surface area contributed by atoms with Gasteiger partial charge in [0.25, 0.3) is 0 Å². The summed E-state index contributed by atoms with van der Waals surface area (Å²) in [7, 11) is 1.59. The van der Waals surface area contributed by atoms with Crippen molar-refractivity contribution in [2.75, 3.05) is 13.7 Å². The van der Waals surface area contributed by atoms with E-state index in [1.165, 1.54) is 0 Å². The zero-order valence-corrected chi connectivity index (χ0v) is 15.5. The van der Waals surface area contributed by atoms with E-state index in [0.717, 1.165) is 22.0 Å². The molecule has 0 amide bonds. The maximum Gasteiger partial charge on any atom is 0.321 e. The van der Waals surface area contributed by atoms with Gasteiger partial charge in [-0.2, -0.15) is 0 Å². The van der Waals surface area contributed by atoms with E-state index in [1.54, 1.807) is 7.11 Å². The van der Waals surface area contributed by atoms with Crippen LogP contribution >= 0.6 is 0 Å². The van der Waals surface area contributed by atoms with Gasteiger partial charge in [-0.3, -0.25) is 10.1 Å². The smallest absolute Gasteiger partial charge is 0.321 e. The summed E-state index contributed by atoms with van der Waals surface area (Å²) >= 11 is 0. The van der Waals surface area contributed by atoms with Crippen molar-refractivity contribution in [1.29, 1.82) is 0 Å². The zero-order chi connectivity index (χ0) is 19.2. The second-order valence-corrected chi connectivity index (χ2v) is 6.22. The van der Waals surface area contributed by atoms with Crippen LogP contribution in [0.15, 0.2) is 48.7 Å². The lowest BCUT2D eigenvalue weighted by Crippen LogP contribution is -2.38. The van der Waals surface area contributed by atoms with E-state index < -0.39 is 12.0 Å². The fraction of sp³-hybridized carbons (Fsp3) is 0.286. The Morgan fingerprint density at radius 2 is 2.00 bits per heavy atom. The molecule has 2 aromatic carbocycles. The number of hydrogen-bond donors (Lipinski definition) is 3. The first-order valence-corrected chi connectivity index (χ1v) is 8.93. The third-order valence-corrected chi connectivity index (χ3v) is 4.51. The molecule has 0 fully saturated rings. The maximum atomic E-state index is 11.8. The minimum absolute atomic E-state index is 0.367. The molecule has 0 unspecified atom stereocenters. The molecule has 0 spiro atoms. The number of carboxylic acids is 1. The normalized spacial score (nSPS) is 12.1. The number of aromatic nitrogens is 1. The first kappa shape index (κ1) is 18.8. The van der Waals surface area contributed by atoms with Crippen molar-refractivity contribution in [3.63, 3.8) is 0 Å². The highest BCUT2D eigenvalue weighted by atomic mass is 16.5. The quantitative estimate of drug-likeness (QED) is 0.539. The summed E-state index contributed by atoms with van der Waals surface area (Å²) in [5.74, 6) is 0.395. The third kappa shape index (κ3) is 4.23. The van der Waals surface area contributed by atoms with Gasteiger partial charge in [-0.05, 0) is 24.6 Å². The van der Waals surface area contributed by atoms with Crippen LogP contribution in [0.25, 0.3) is 10.9 Å². The van der Waals surface area contributed by atoms with Crippen LogP contribution in [0.4, 0.5) is 0 Å². The number of benzene rings is 2. The van der Waals surface area contributed by atoms with Gasteiger partial charge in [0.15, 0.2) is 11.5 Å². The third-order valence-electron chi connectivity index (χ3n) is 4.51. The summed E-state index contributed by atoms with van der Waals surface area (Å²) in [5.41, 5.74) is 2.84. The van der Waals surface area contributed by atoms with E-state index in [2.05, 4.69) is 10.3 Å². The molecule has 1 atom stereocenters. The fourth-order valence-electron chi connectivity index (χ4n) is 3.17. The van der Waals surface area contributed by atoms with Crippen molar-refractivity contribution in [3.8, 4) is 11.5 Å². The first-order valence-electron chi connectivity index (χ1n) is 8.93. The Kier molecular flexibility index (Phi) is 5.98. The summed E-state index contributed by atoms with van der Waals surface area (Å²) in [6, 6.07) is 12.8. The number of carbonyl (C=O) groups is 1. The number of rotatable bonds is 9. The summed E-state index contributed by atoms with van der Waals surface area (Å²) in [4.78, 5) is 15.0. The lowest BCUT2D eigenvalue weighted by Gasteiger charge is -2.17. The summed E-state index contributed by atoms with van der Waals surface area (Å²) < 4.78 is 11.1. The number of aromatic amines is 1. The van der Waals surface area contributed by atoms with Crippen LogP contribution in [-0.4, -0.2) is 35.8 Å². The van der Waals surface area contributed by atoms with Gasteiger partial charge in [0.05, 0.1) is 13.7 Å². The molecular weight excluding hydrogens is 344 g/mol. The molecule has 0 aliphatic carbocycles. The van der Waals surface area contributed by atoms with Gasteiger partial charge in [-0.15, -0.1) is 0 Å². The molecule has 0 bridgehead atoms. The Hall–Kier alpha value is -2.99. The number of methoxy groups -OCH3 is 1. The van der Waals surface area contributed by atoms with Gasteiger partial charge in [0.1, 0.15) is 6.04 Å². The van der Waals surface area contributed by atoms with Crippen molar-refractivity contribution in [2.45, 2.75) is 25.9 Å². The summed E-state index contributed by atoms with van der Waals surface area (Å²) in [6.45, 7) is 2.78. The molecule has 0 aliphatic rings. The standard InChI is InChI=1S/C21H24N2O4/c1-3-27-20-14(7-6-10-19(20)26-2)12-23-18(21(24)25)11-15-13-22-17-9-5-4-8-16(15)17/h4-10,13,18,22-23H,3,11-12H2,1-2H3,(H,24,25)/t18-/m1/s1. The first-order chi connectivity index (χ1) is 13.1. The molecule has 6 heteroatoms. The second kappa shape index (κ2) is 8.60. The van der Waals surface area contributed by atoms with E-state index in [-0.39, 0.29) is 0 Å². The Bertz CT molecular complexity index is 919. The second-order valence-electron chi connectivity index (χ2n) is 6.22. The van der Waals surface area contributed by atoms with Crippen molar-refractivity contribution in [1.82, 2.24) is 10.3 Å². The summed E-state index contributed by atoms with van der Waals surface area (Å²) in [6.07, 6.45) is 2.26. The number of ether oxygens (including phenoxy) is 2. The zero-order valence-electron chi connectivity index (χ0n) is 15.5. The highest BCUT2D eigenvalue weighted by Gasteiger charge is 2.20. The van der Waals surface area contributed by atoms with Gasteiger partial charge in [-0.25, -0.2) is 0 Å². The molecule has 0 radical (unpaired) electrons. The minimum atomic E-state index is -0.888. The number of H-pyrrole nitrogens is 1. The predicted molar refractivity (Wildman–Crippen MR) is 104 cm³/mol. The number of hydrogen-bond acceptors (Lipinski definition) is 4. The van der Waals surface area contributed by atoms with Crippen molar-refractivity contribution < 1.29 is 19.4 Å². The van der Waals surface area contributed by atoms with Gasteiger partial charge in [0.2, 0.25) is 0 Å². The Labute approximate surface area is 158 Å². The van der Waals surface area contributed by atoms with Crippen LogP contribution in [0.5, 0.6) is 11.5 Å². The number of fused-ring (bicyclic) bond motifs is 1. The molecule has 3 N–H and O–H groups in total. The van der Waals surface area contributed by atoms with Crippen molar-refractivity contribution >= 4 is 16.9 Å². The van der Waals surface area contributed by atoms with Crippen molar-refractivity contribution in [3.05, 3.63) is 59.8 Å². The molecule has 6 nitrogen and oxygen atoms in total. The molecular formula is C21H24N2O4. The lowest BCUT2D eigenvalue weighted by atomic mass is 10.0. The molecule has 3 aromatic rings. The minimum Gasteiger partial charge on any atom is -0.493 e. The van der Waals surface area contributed by atoms with Gasteiger partial charge >= 0.3 is 5.97 Å². The fourth-order valence-corrected chi connectivity index (χ4v) is 3.17. The molecule has 0 aliphatic heterocycles. The van der Waals surface area contributed by atoms with E-state index >= 15 is 0 Å². The lowest BCUT2D eigenvalue weighted by molar-refractivity contribution is -0.139. The number of nitrogens with one attached hydrogen (secondary N) is 2. The Morgan fingerprint density at radius 1 is 1.19 bits per heavy atom. The average molecular weight is 368 g/mol. The molecule has 27 heavy (non-hydrogen) atoms. The molecule has 0 saturated carbocycles. The molecule has 142 valence electrons. The molecule has 1 aromatic heterocycles. The van der Waals surface area contributed by atoms with Gasteiger partial charge < -0.3 is 19.6 Å². The topological polar surface area (TPSA) is 83.6 Å². The molecule has 0 saturated heterocycles. The Balaban J connectivity index is 1.77. The van der Waals surface area contributed by atoms with Crippen LogP contribution in [-0.2, 0) is 17.8 Å².